The number of rotatable bonds is 0. The fourth-order valence-corrected chi connectivity index (χ4v) is 0. The van der Waals surface area contributed by atoms with Crippen LogP contribution in [0, 0.1) is 0 Å². The fraction of sp³-hybridized carbons (Fsp3) is 0. The summed E-state index contributed by atoms with van der Waals surface area (Å²) in [7, 11) is 0. The first kappa shape index (κ1) is 42.3. The summed E-state index contributed by atoms with van der Waals surface area (Å²) in [5.74, 6) is 0. The summed E-state index contributed by atoms with van der Waals surface area (Å²) in [5, 5.41) is 0. The van der Waals surface area contributed by atoms with Crippen molar-refractivity contribution >= 4 is 17.6 Å². The van der Waals surface area contributed by atoms with Crippen molar-refractivity contribution in [1.82, 2.24) is 0 Å². The van der Waals surface area contributed by atoms with Crippen LogP contribution in [0.25, 0.3) is 0 Å². The maximum absolute atomic E-state index is 0. The van der Waals surface area contributed by atoms with E-state index in [-0.39, 0.29) is 102 Å². The van der Waals surface area contributed by atoms with Crippen molar-refractivity contribution in [3.8, 4) is 0 Å². The monoisotopic (exact) mass is 194 g/mol. The van der Waals surface area contributed by atoms with Gasteiger partial charge in [0.25, 0.3) is 0 Å². The average Bonchev–Trinajstić information content (AvgIpc) is 0. The zero-order valence-corrected chi connectivity index (χ0v) is 8.27. The van der Waals surface area contributed by atoms with Gasteiger partial charge in [-0.2, -0.15) is 0 Å². The minimum absolute atomic E-state index is 0. The largest absolute Gasteiger partial charge is 1.00 e. The summed E-state index contributed by atoms with van der Waals surface area (Å²) in [6, 6.07) is 0. The van der Waals surface area contributed by atoms with Gasteiger partial charge in [0.15, 0.2) is 0 Å². The molecule has 0 saturated heterocycles. The summed E-state index contributed by atoms with van der Waals surface area (Å²) in [4.78, 5) is 0. The predicted molar refractivity (Wildman–Crippen MR) is 11.3 cm³/mol. The van der Waals surface area contributed by atoms with Gasteiger partial charge >= 0.3 is 76.7 Å². The van der Waals surface area contributed by atoms with Gasteiger partial charge in [0.05, 0.1) is 0 Å². The molecule has 5 heteroatoms. The Kier molecular flexibility index (Phi) is 231. The molecule has 0 bridgehead atoms. The third kappa shape index (κ3) is 19.2. The van der Waals surface area contributed by atoms with E-state index in [9.17, 15) is 0 Å². The minimum atomic E-state index is 0. The molecule has 0 saturated carbocycles. The topological polar surface area (TPSA) is 0 Å². The summed E-state index contributed by atoms with van der Waals surface area (Å²) >= 11 is 0. The molecule has 0 aliphatic carbocycles. The summed E-state index contributed by atoms with van der Waals surface area (Å²) < 4.78 is 0. The van der Waals surface area contributed by atoms with Crippen LogP contribution in [0.2, 0.25) is 0 Å². The van der Waals surface area contributed by atoms with E-state index in [0.29, 0.717) is 0 Å². The van der Waals surface area contributed by atoms with Crippen LogP contribution >= 0.6 is 0 Å². The van der Waals surface area contributed by atoms with Gasteiger partial charge in [-0.05, 0) is 0 Å². The van der Waals surface area contributed by atoms with Crippen LogP contribution in [-0.4, -0.2) is 17.6 Å². The van der Waals surface area contributed by atoms with Gasteiger partial charge in [0.1, 0.15) is 0 Å². The molecule has 0 aliphatic rings. The van der Waals surface area contributed by atoms with E-state index in [2.05, 4.69) is 0 Å². The Morgan fingerprint density at radius 1 is 0.600 bits per heavy atom. The molecular formula is H4Cl2GeNa2. The second-order valence-electron chi connectivity index (χ2n) is 0. The van der Waals surface area contributed by atoms with E-state index in [1.54, 1.807) is 0 Å². The van der Waals surface area contributed by atoms with Crippen LogP contribution in [0.4, 0.5) is 0 Å². The Balaban J connectivity index is 0. The Morgan fingerprint density at radius 3 is 0.600 bits per heavy atom. The summed E-state index contributed by atoms with van der Waals surface area (Å²) in [6.45, 7) is 0. The summed E-state index contributed by atoms with van der Waals surface area (Å²) in [6.07, 6.45) is 0. The molecule has 0 heterocycles. The van der Waals surface area contributed by atoms with E-state index >= 15 is 0 Å². The van der Waals surface area contributed by atoms with Crippen molar-refractivity contribution < 1.29 is 83.9 Å². The molecule has 0 nitrogen and oxygen atoms in total. The number of hydrogen-bond acceptors (Lipinski definition) is 0. The Hall–Kier alpha value is 3.12. The molecule has 5 heavy (non-hydrogen) atoms. The Morgan fingerprint density at radius 2 is 0.600 bits per heavy atom. The zero-order chi connectivity index (χ0) is 0. The molecule has 0 N–H and O–H groups in total. The molecule has 0 rings (SSSR count). The quantitative estimate of drug-likeness (QED) is 0.335. The molecule has 0 spiro atoms. The molecule has 0 fully saturated rings. The van der Waals surface area contributed by atoms with Crippen LogP contribution < -0.4 is 83.9 Å². The van der Waals surface area contributed by atoms with Gasteiger partial charge in [-0.3, -0.25) is 0 Å². The molecule has 0 radical (unpaired) electrons. The predicted octanol–water partition coefficient (Wildman–Crippen LogP) is -13.4. The SMILES string of the molecule is [Cl-].[Cl-].[GeH4].[Na+].[Na+]. The van der Waals surface area contributed by atoms with Crippen molar-refractivity contribution in [3.05, 3.63) is 0 Å². The molecular weight excluding hydrogens is 189 g/mol. The van der Waals surface area contributed by atoms with E-state index < -0.39 is 0 Å². The van der Waals surface area contributed by atoms with E-state index in [1.807, 2.05) is 0 Å². The van der Waals surface area contributed by atoms with Gasteiger partial charge in [0.2, 0.25) is 0 Å². The van der Waals surface area contributed by atoms with E-state index in [1.165, 1.54) is 0 Å². The first-order valence-corrected chi connectivity index (χ1v) is 0. The Labute approximate surface area is 99.6 Å². The normalized spacial score (nSPS) is 0. The van der Waals surface area contributed by atoms with Gasteiger partial charge in [0, 0.05) is 0 Å². The van der Waals surface area contributed by atoms with Crippen LogP contribution in [0.3, 0.4) is 0 Å². The van der Waals surface area contributed by atoms with Crippen LogP contribution in [0.15, 0.2) is 0 Å². The van der Waals surface area contributed by atoms with Crippen molar-refractivity contribution in [2.45, 2.75) is 0 Å². The Bertz CT molecular complexity index is 7.61. The molecule has 0 amide bonds. The van der Waals surface area contributed by atoms with Crippen molar-refractivity contribution in [1.29, 1.82) is 0 Å². The fourth-order valence-electron chi connectivity index (χ4n) is 0. The van der Waals surface area contributed by atoms with Crippen molar-refractivity contribution in [2.24, 2.45) is 0 Å². The molecule has 0 aromatic rings. The molecule has 0 aromatic carbocycles. The first-order chi connectivity index (χ1) is 0. The van der Waals surface area contributed by atoms with E-state index in [4.69, 9.17) is 0 Å². The minimum Gasteiger partial charge on any atom is 1.00 e. The smallest absolute Gasteiger partial charge is 1.00 e. The molecule has 0 aliphatic heterocycles. The van der Waals surface area contributed by atoms with Gasteiger partial charge < -0.3 is 24.8 Å². The molecule has 0 atom stereocenters. The molecule has 0 unspecified atom stereocenters. The number of hydrogen-bond donors (Lipinski definition) is 0. The third-order valence-electron chi connectivity index (χ3n) is 0. The van der Waals surface area contributed by atoms with Crippen LogP contribution in [0.1, 0.15) is 0 Å². The van der Waals surface area contributed by atoms with Gasteiger partial charge in [-0.15, -0.1) is 0 Å². The van der Waals surface area contributed by atoms with Crippen molar-refractivity contribution in [3.63, 3.8) is 0 Å². The van der Waals surface area contributed by atoms with Crippen LogP contribution in [0.5, 0.6) is 0 Å². The molecule has 24 valence electrons. The second-order valence-corrected chi connectivity index (χ2v) is 0. The number of halogens is 2. The van der Waals surface area contributed by atoms with Crippen molar-refractivity contribution in [2.75, 3.05) is 0 Å². The summed E-state index contributed by atoms with van der Waals surface area (Å²) in [5.41, 5.74) is 0. The average molecular weight is 194 g/mol. The molecule has 0 aromatic heterocycles. The maximum atomic E-state index is 0. The zero-order valence-electron chi connectivity index (χ0n) is 2.76. The van der Waals surface area contributed by atoms with Crippen LogP contribution in [-0.2, 0) is 0 Å². The maximum Gasteiger partial charge on any atom is 1.00 e. The first-order valence-electron chi connectivity index (χ1n) is 0. The van der Waals surface area contributed by atoms with E-state index in [0.717, 1.165) is 0 Å². The van der Waals surface area contributed by atoms with Gasteiger partial charge in [-0.1, -0.05) is 0 Å². The second kappa shape index (κ2) is 27.4. The third-order valence-corrected chi connectivity index (χ3v) is 0. The standard InChI is InChI=1S/2ClH.GeH4.2Na/h2*1H;1H4;;/q;;;2*+1/p-2. The van der Waals surface area contributed by atoms with Gasteiger partial charge in [-0.25, -0.2) is 0 Å².